The molecule has 2 aromatic heterocycles. The summed E-state index contributed by atoms with van der Waals surface area (Å²) in [4.78, 5) is 28.1. The molecule has 128 valence electrons. The summed E-state index contributed by atoms with van der Waals surface area (Å²) in [6, 6.07) is 10.6. The summed E-state index contributed by atoms with van der Waals surface area (Å²) in [5, 5.41) is 14.2. The van der Waals surface area contributed by atoms with Crippen molar-refractivity contribution in [3.63, 3.8) is 0 Å². The van der Waals surface area contributed by atoms with E-state index in [0.717, 1.165) is 22.5 Å². The average Bonchev–Trinajstić information content (AvgIpc) is 3.00. The summed E-state index contributed by atoms with van der Waals surface area (Å²) < 4.78 is 14.0. The molecule has 25 heavy (non-hydrogen) atoms. The Labute approximate surface area is 141 Å². The number of rotatable bonds is 5. The average molecular weight is 342 g/mol. The number of pyridine rings is 1. The van der Waals surface area contributed by atoms with Crippen molar-refractivity contribution in [1.82, 2.24) is 14.8 Å². The number of halogens is 1. The Morgan fingerprint density at radius 3 is 2.64 bits per heavy atom. The van der Waals surface area contributed by atoms with E-state index >= 15 is 0 Å². The van der Waals surface area contributed by atoms with Gasteiger partial charge in [0.2, 0.25) is 0 Å². The van der Waals surface area contributed by atoms with Gasteiger partial charge >= 0.3 is 0 Å². The molecule has 0 saturated heterocycles. The van der Waals surface area contributed by atoms with Crippen LogP contribution in [0, 0.1) is 5.82 Å². The first-order valence-electron chi connectivity index (χ1n) is 7.52. The third kappa shape index (κ3) is 3.81. The maximum atomic E-state index is 12.9. The van der Waals surface area contributed by atoms with Gasteiger partial charge < -0.3 is 10.4 Å². The van der Waals surface area contributed by atoms with Crippen LogP contribution in [0.1, 0.15) is 16.1 Å². The maximum absolute atomic E-state index is 12.9. The number of carbonyl (C=O) groups is 1. The highest BCUT2D eigenvalue weighted by Crippen LogP contribution is 2.11. The number of nitrogens with zero attached hydrogens (tertiary/aromatic N) is 2. The molecule has 1 amide bonds. The lowest BCUT2D eigenvalue weighted by Gasteiger charge is -2.05. The van der Waals surface area contributed by atoms with Gasteiger partial charge in [-0.3, -0.25) is 14.7 Å². The number of aliphatic hydroxyl groups is 1. The van der Waals surface area contributed by atoms with Crippen molar-refractivity contribution < 1.29 is 14.3 Å². The molecule has 3 rings (SSSR count). The predicted octanol–water partition coefficient (Wildman–Crippen LogP) is 1.49. The van der Waals surface area contributed by atoms with E-state index in [1.807, 2.05) is 0 Å². The predicted molar refractivity (Wildman–Crippen MR) is 89.3 cm³/mol. The summed E-state index contributed by atoms with van der Waals surface area (Å²) in [6.45, 7) is 0.0535. The highest BCUT2D eigenvalue weighted by atomic mass is 19.1. The Kier molecular flexibility index (Phi) is 4.71. The van der Waals surface area contributed by atoms with Gasteiger partial charge in [-0.25, -0.2) is 14.1 Å². The van der Waals surface area contributed by atoms with Gasteiger partial charge in [0.15, 0.2) is 5.82 Å². The fourth-order valence-corrected chi connectivity index (χ4v) is 2.26. The van der Waals surface area contributed by atoms with E-state index in [4.69, 9.17) is 5.11 Å². The van der Waals surface area contributed by atoms with E-state index in [1.165, 1.54) is 12.1 Å². The quantitative estimate of drug-likeness (QED) is 0.654. The zero-order chi connectivity index (χ0) is 17.8. The summed E-state index contributed by atoms with van der Waals surface area (Å²) in [6.07, 6.45) is 1.52. The van der Waals surface area contributed by atoms with Gasteiger partial charge in [0.25, 0.3) is 11.5 Å². The van der Waals surface area contributed by atoms with Gasteiger partial charge in [-0.2, -0.15) is 0 Å². The van der Waals surface area contributed by atoms with Crippen LogP contribution in [-0.2, 0) is 6.42 Å². The van der Waals surface area contributed by atoms with Gasteiger partial charge in [0, 0.05) is 18.4 Å². The fraction of sp³-hybridized carbons (Fsp3) is 0.118. The number of benzene rings is 1. The number of hydrogen-bond acceptors (Lipinski definition) is 4. The third-order valence-electron chi connectivity index (χ3n) is 3.52. The fourth-order valence-electron chi connectivity index (χ4n) is 2.26. The Bertz CT molecular complexity index is 930. The van der Waals surface area contributed by atoms with Crippen LogP contribution in [0.2, 0.25) is 0 Å². The molecule has 3 aromatic rings. The molecule has 0 bridgehead atoms. The monoisotopic (exact) mass is 342 g/mol. The van der Waals surface area contributed by atoms with Crippen molar-refractivity contribution in [3.05, 3.63) is 76.1 Å². The molecule has 2 heterocycles. The number of nitrogens with one attached hydrogen (secondary N) is 2. The molecular formula is C17H15FN4O3. The molecule has 0 radical (unpaired) electrons. The van der Waals surface area contributed by atoms with E-state index in [2.05, 4.69) is 15.4 Å². The Morgan fingerprint density at radius 1 is 1.24 bits per heavy atom. The van der Waals surface area contributed by atoms with Crippen LogP contribution in [0.25, 0.3) is 5.82 Å². The van der Waals surface area contributed by atoms with Crippen LogP contribution in [0.15, 0.2) is 53.5 Å². The first-order chi connectivity index (χ1) is 12.1. The number of anilines is 1. The van der Waals surface area contributed by atoms with Gasteiger partial charge in [0.05, 0.1) is 6.20 Å². The molecule has 8 heteroatoms. The highest BCUT2D eigenvalue weighted by Gasteiger charge is 2.13. The largest absolute Gasteiger partial charge is 0.396 e. The second-order valence-electron chi connectivity index (χ2n) is 5.30. The summed E-state index contributed by atoms with van der Waals surface area (Å²) in [5.41, 5.74) is 1.07. The van der Waals surface area contributed by atoms with Crippen LogP contribution >= 0.6 is 0 Å². The molecule has 7 nitrogen and oxygen atoms in total. The number of amides is 1. The van der Waals surface area contributed by atoms with E-state index in [-0.39, 0.29) is 18.1 Å². The Balaban J connectivity index is 1.77. The van der Waals surface area contributed by atoms with Crippen molar-refractivity contribution in [1.29, 1.82) is 0 Å². The zero-order valence-electron chi connectivity index (χ0n) is 13.1. The van der Waals surface area contributed by atoms with Crippen molar-refractivity contribution in [2.75, 3.05) is 11.9 Å². The molecule has 0 saturated carbocycles. The standard InChI is InChI=1S/C17H15FN4O3/c18-12-3-6-15(19-10-12)22-16(24)9-14(21-22)17(25)20-13-4-1-11(2-5-13)7-8-23/h1-6,9-10,21,23H,7-8H2,(H,20,25). The van der Waals surface area contributed by atoms with E-state index in [9.17, 15) is 14.0 Å². The summed E-state index contributed by atoms with van der Waals surface area (Å²) in [7, 11) is 0. The van der Waals surface area contributed by atoms with E-state index in [0.29, 0.717) is 12.1 Å². The lowest BCUT2D eigenvalue weighted by Crippen LogP contribution is -2.15. The number of aromatic amines is 1. The normalized spacial score (nSPS) is 10.6. The van der Waals surface area contributed by atoms with Crippen LogP contribution in [0.4, 0.5) is 10.1 Å². The minimum absolute atomic E-state index is 0.0514. The Morgan fingerprint density at radius 2 is 2.00 bits per heavy atom. The minimum Gasteiger partial charge on any atom is -0.396 e. The molecule has 1 aromatic carbocycles. The minimum atomic E-state index is -0.522. The van der Waals surface area contributed by atoms with Crippen molar-refractivity contribution in [2.45, 2.75) is 6.42 Å². The lowest BCUT2D eigenvalue weighted by molar-refractivity contribution is 0.102. The SMILES string of the molecule is O=C(Nc1ccc(CCO)cc1)c1cc(=O)n(-c2ccc(F)cn2)[nH]1. The van der Waals surface area contributed by atoms with E-state index in [1.54, 1.807) is 24.3 Å². The molecule has 3 N–H and O–H groups in total. The van der Waals surface area contributed by atoms with Gasteiger partial charge in [-0.15, -0.1) is 0 Å². The molecule has 0 spiro atoms. The van der Waals surface area contributed by atoms with Crippen molar-refractivity contribution >= 4 is 11.6 Å². The van der Waals surface area contributed by atoms with Crippen LogP contribution in [-0.4, -0.2) is 32.4 Å². The lowest BCUT2D eigenvalue weighted by atomic mass is 10.1. The second-order valence-corrected chi connectivity index (χ2v) is 5.30. The van der Waals surface area contributed by atoms with Crippen LogP contribution < -0.4 is 10.9 Å². The first kappa shape index (κ1) is 16.6. The molecule has 0 aliphatic heterocycles. The third-order valence-corrected chi connectivity index (χ3v) is 3.52. The van der Waals surface area contributed by atoms with Gasteiger partial charge in [-0.05, 0) is 36.2 Å². The maximum Gasteiger partial charge on any atom is 0.273 e. The summed E-state index contributed by atoms with van der Waals surface area (Å²) in [5.74, 6) is -0.836. The van der Waals surface area contributed by atoms with Gasteiger partial charge in [-0.1, -0.05) is 12.1 Å². The Hall–Kier alpha value is -3.26. The number of H-pyrrole nitrogens is 1. The van der Waals surface area contributed by atoms with Crippen molar-refractivity contribution in [3.8, 4) is 5.82 Å². The van der Waals surface area contributed by atoms with Crippen LogP contribution in [0.3, 0.4) is 0 Å². The number of aromatic nitrogens is 3. The number of aliphatic hydroxyl groups excluding tert-OH is 1. The van der Waals surface area contributed by atoms with Gasteiger partial charge in [0.1, 0.15) is 11.5 Å². The second kappa shape index (κ2) is 7.10. The summed E-state index contributed by atoms with van der Waals surface area (Å²) >= 11 is 0. The molecule has 0 aliphatic rings. The van der Waals surface area contributed by atoms with Crippen molar-refractivity contribution in [2.24, 2.45) is 0 Å². The number of hydrogen-bond donors (Lipinski definition) is 3. The van der Waals surface area contributed by atoms with Crippen LogP contribution in [0.5, 0.6) is 0 Å². The zero-order valence-corrected chi connectivity index (χ0v) is 13.1. The smallest absolute Gasteiger partial charge is 0.273 e. The van der Waals surface area contributed by atoms with E-state index < -0.39 is 17.3 Å². The highest BCUT2D eigenvalue weighted by molar-refractivity contribution is 6.02. The topological polar surface area (TPSA) is 100 Å². The molecular weight excluding hydrogens is 327 g/mol. The number of carbonyl (C=O) groups excluding carboxylic acids is 1. The molecule has 0 unspecified atom stereocenters. The molecule has 0 aliphatic carbocycles. The molecule has 0 fully saturated rings. The molecule has 0 atom stereocenters. The first-order valence-corrected chi connectivity index (χ1v) is 7.52.